The van der Waals surface area contributed by atoms with Crippen LogP contribution in [0.15, 0.2) is 35.2 Å². The summed E-state index contributed by atoms with van der Waals surface area (Å²) < 4.78 is 48.2. The summed E-state index contributed by atoms with van der Waals surface area (Å²) in [7, 11) is 0. The minimum atomic E-state index is -4.71. The smallest absolute Gasteiger partial charge is 0.437 e. The maximum absolute atomic E-state index is 13.8. The Morgan fingerprint density at radius 2 is 1.97 bits per heavy atom. The molecule has 3 aromatic heterocycles. The van der Waals surface area contributed by atoms with Gasteiger partial charge in [0, 0.05) is 24.5 Å². The van der Waals surface area contributed by atoms with Crippen molar-refractivity contribution in [1.29, 1.82) is 0 Å². The van der Waals surface area contributed by atoms with Crippen LogP contribution >= 0.6 is 0 Å². The zero-order chi connectivity index (χ0) is 26.9. The van der Waals surface area contributed by atoms with E-state index in [2.05, 4.69) is 39.5 Å². The summed E-state index contributed by atoms with van der Waals surface area (Å²) in [5.41, 5.74) is -1.01. The van der Waals surface area contributed by atoms with Gasteiger partial charge in [-0.3, -0.25) is 9.48 Å². The van der Waals surface area contributed by atoms with E-state index < -0.39 is 17.8 Å². The van der Waals surface area contributed by atoms with Crippen molar-refractivity contribution in [2.24, 2.45) is 17.8 Å². The van der Waals surface area contributed by atoms with Gasteiger partial charge in [0.25, 0.3) is 5.91 Å². The standard InChI is InChI=1S/C27H33F3N6O2/c1-3-16(2)18-6-8-20(9-7-18)36-14-21(24(35-36)27(28,29)30)33-25(37)22-15-38-26(34-22)19-10-11-31-23(12-19)32-13-17-4-5-17/h10-12,14-18,20H,3-9,13H2,1-2H3,(H,31,32)(H,33,37). The summed E-state index contributed by atoms with van der Waals surface area (Å²) in [6.07, 6.45) is 6.26. The van der Waals surface area contributed by atoms with E-state index in [-0.39, 0.29) is 23.3 Å². The van der Waals surface area contributed by atoms with Crippen LogP contribution < -0.4 is 10.6 Å². The number of nitrogens with one attached hydrogen (secondary N) is 2. The highest BCUT2D eigenvalue weighted by Crippen LogP contribution is 2.40. The first-order chi connectivity index (χ1) is 18.2. The summed E-state index contributed by atoms with van der Waals surface area (Å²) in [5, 5.41) is 9.48. The number of nitrogens with zero attached hydrogens (tertiary/aromatic N) is 4. The number of carbonyl (C=O) groups is 1. The third-order valence-corrected chi connectivity index (χ3v) is 7.83. The molecule has 2 saturated carbocycles. The van der Waals surface area contributed by atoms with E-state index >= 15 is 0 Å². The molecular weight excluding hydrogens is 497 g/mol. The molecule has 2 N–H and O–H groups in total. The number of hydrogen-bond donors (Lipinski definition) is 2. The fraction of sp³-hybridized carbons (Fsp3) is 0.556. The van der Waals surface area contributed by atoms with E-state index in [4.69, 9.17) is 4.42 Å². The number of oxazole rings is 1. The molecule has 11 heteroatoms. The van der Waals surface area contributed by atoms with Crippen LogP contribution in [0.4, 0.5) is 24.7 Å². The molecule has 1 amide bonds. The molecule has 204 valence electrons. The third-order valence-electron chi connectivity index (χ3n) is 7.83. The molecule has 0 spiro atoms. The minimum absolute atomic E-state index is 0.126. The fourth-order valence-corrected chi connectivity index (χ4v) is 5.08. The number of aromatic nitrogens is 4. The number of hydrogen-bond acceptors (Lipinski definition) is 6. The minimum Gasteiger partial charge on any atom is -0.444 e. The first-order valence-corrected chi connectivity index (χ1v) is 13.3. The molecule has 2 fully saturated rings. The van der Waals surface area contributed by atoms with Crippen LogP contribution in [0.2, 0.25) is 0 Å². The Labute approximate surface area is 219 Å². The topological polar surface area (TPSA) is 97.9 Å². The maximum Gasteiger partial charge on any atom is 0.437 e. The summed E-state index contributed by atoms with van der Waals surface area (Å²) in [6.45, 7) is 5.22. The van der Waals surface area contributed by atoms with Crippen molar-refractivity contribution >= 4 is 17.4 Å². The number of amides is 1. The average Bonchev–Trinajstić information content (AvgIpc) is 3.42. The molecule has 1 atom stereocenters. The second kappa shape index (κ2) is 10.8. The lowest BCUT2D eigenvalue weighted by Gasteiger charge is -2.32. The quantitative estimate of drug-likeness (QED) is 0.316. The van der Waals surface area contributed by atoms with Crippen molar-refractivity contribution in [3.63, 3.8) is 0 Å². The van der Waals surface area contributed by atoms with Gasteiger partial charge in [0.2, 0.25) is 5.89 Å². The van der Waals surface area contributed by atoms with Gasteiger partial charge in [0.05, 0.1) is 11.7 Å². The molecule has 2 aliphatic carbocycles. The van der Waals surface area contributed by atoms with Gasteiger partial charge in [-0.05, 0) is 68.4 Å². The lowest BCUT2D eigenvalue weighted by Crippen LogP contribution is -2.22. The van der Waals surface area contributed by atoms with Crippen molar-refractivity contribution in [2.75, 3.05) is 17.2 Å². The molecule has 3 heterocycles. The largest absolute Gasteiger partial charge is 0.444 e. The molecule has 0 aromatic carbocycles. The van der Waals surface area contributed by atoms with E-state index in [9.17, 15) is 18.0 Å². The second-order valence-electron chi connectivity index (χ2n) is 10.6. The zero-order valence-electron chi connectivity index (χ0n) is 21.6. The van der Waals surface area contributed by atoms with E-state index in [0.29, 0.717) is 29.1 Å². The molecule has 38 heavy (non-hydrogen) atoms. The first kappa shape index (κ1) is 26.2. The SMILES string of the molecule is CCC(C)C1CCC(n2cc(NC(=O)c3coc(-c4ccnc(NCC5CC5)c4)n3)c(C(F)(F)F)n2)CC1. The van der Waals surface area contributed by atoms with Gasteiger partial charge in [-0.15, -0.1) is 0 Å². The molecule has 0 aliphatic heterocycles. The van der Waals surface area contributed by atoms with Crippen molar-refractivity contribution in [2.45, 2.75) is 71.0 Å². The van der Waals surface area contributed by atoms with Crippen molar-refractivity contribution in [1.82, 2.24) is 19.7 Å². The zero-order valence-corrected chi connectivity index (χ0v) is 21.6. The molecule has 0 saturated heterocycles. The van der Waals surface area contributed by atoms with Crippen LogP contribution in [0.5, 0.6) is 0 Å². The normalized spacial score (nSPS) is 20.8. The monoisotopic (exact) mass is 530 g/mol. The van der Waals surface area contributed by atoms with Gasteiger partial charge < -0.3 is 15.1 Å². The Balaban J connectivity index is 1.28. The molecule has 8 nitrogen and oxygen atoms in total. The van der Waals surface area contributed by atoms with E-state index in [1.807, 2.05) is 0 Å². The predicted molar refractivity (Wildman–Crippen MR) is 137 cm³/mol. The molecular formula is C27H33F3N6O2. The summed E-state index contributed by atoms with van der Waals surface area (Å²) in [5.74, 6) is 1.89. The van der Waals surface area contributed by atoms with E-state index in [0.717, 1.165) is 44.9 Å². The van der Waals surface area contributed by atoms with Gasteiger partial charge in [-0.25, -0.2) is 9.97 Å². The van der Waals surface area contributed by atoms with Gasteiger partial charge >= 0.3 is 6.18 Å². The van der Waals surface area contributed by atoms with Gasteiger partial charge in [-0.1, -0.05) is 20.3 Å². The summed E-state index contributed by atoms with van der Waals surface area (Å²) >= 11 is 0. The van der Waals surface area contributed by atoms with Crippen LogP contribution in [0.3, 0.4) is 0 Å². The van der Waals surface area contributed by atoms with Crippen LogP contribution in [-0.4, -0.2) is 32.2 Å². The van der Waals surface area contributed by atoms with Crippen molar-refractivity contribution < 1.29 is 22.4 Å². The average molecular weight is 531 g/mol. The number of halogens is 3. The predicted octanol–water partition coefficient (Wildman–Crippen LogP) is 6.80. The summed E-state index contributed by atoms with van der Waals surface area (Å²) in [6, 6.07) is 3.32. The molecule has 1 unspecified atom stereocenters. The third kappa shape index (κ3) is 6.02. The van der Waals surface area contributed by atoms with Crippen LogP contribution in [-0.2, 0) is 6.18 Å². The molecule has 0 radical (unpaired) electrons. The lowest BCUT2D eigenvalue weighted by molar-refractivity contribution is -0.141. The molecule has 3 aromatic rings. The van der Waals surface area contributed by atoms with Crippen molar-refractivity contribution in [3.8, 4) is 11.5 Å². The van der Waals surface area contributed by atoms with E-state index in [1.54, 1.807) is 18.3 Å². The Morgan fingerprint density at radius 1 is 1.21 bits per heavy atom. The highest BCUT2D eigenvalue weighted by Gasteiger charge is 2.39. The van der Waals surface area contributed by atoms with Gasteiger partial charge in [-0.2, -0.15) is 18.3 Å². The van der Waals surface area contributed by atoms with Gasteiger partial charge in [0.15, 0.2) is 11.4 Å². The second-order valence-corrected chi connectivity index (χ2v) is 10.6. The summed E-state index contributed by atoms with van der Waals surface area (Å²) in [4.78, 5) is 21.3. The van der Waals surface area contributed by atoms with Crippen LogP contribution in [0.1, 0.15) is 81.0 Å². The Kier molecular flexibility index (Phi) is 7.45. The molecule has 0 bridgehead atoms. The van der Waals surface area contributed by atoms with Crippen molar-refractivity contribution in [3.05, 3.63) is 42.2 Å². The van der Waals surface area contributed by atoms with Crippen LogP contribution in [0.25, 0.3) is 11.5 Å². The first-order valence-electron chi connectivity index (χ1n) is 13.3. The Hall–Kier alpha value is -3.37. The number of carbonyl (C=O) groups excluding carboxylic acids is 1. The van der Waals surface area contributed by atoms with E-state index in [1.165, 1.54) is 23.7 Å². The fourth-order valence-electron chi connectivity index (χ4n) is 5.08. The maximum atomic E-state index is 13.8. The number of rotatable bonds is 9. The van der Waals surface area contributed by atoms with Gasteiger partial charge in [0.1, 0.15) is 12.1 Å². The lowest BCUT2D eigenvalue weighted by atomic mass is 9.78. The molecule has 5 rings (SSSR count). The Bertz CT molecular complexity index is 1260. The highest BCUT2D eigenvalue weighted by atomic mass is 19.4. The molecule has 2 aliphatic rings. The van der Waals surface area contributed by atoms with Crippen LogP contribution in [0, 0.1) is 17.8 Å². The number of pyridine rings is 1. The highest BCUT2D eigenvalue weighted by molar-refractivity contribution is 6.03. The number of anilines is 2. The Morgan fingerprint density at radius 3 is 2.66 bits per heavy atom. The number of alkyl halides is 3.